The van der Waals surface area contributed by atoms with Crippen molar-refractivity contribution < 1.29 is 0 Å². The zero-order chi connectivity index (χ0) is 19.1. The van der Waals surface area contributed by atoms with Crippen molar-refractivity contribution in [3.05, 3.63) is 78.0 Å². The summed E-state index contributed by atoms with van der Waals surface area (Å²) in [6.45, 7) is 9.57. The normalized spacial score (nSPS) is 17.8. The number of hydrogen-bond acceptors (Lipinski definition) is 1. The lowest BCUT2D eigenvalue weighted by Crippen LogP contribution is -2.22. The van der Waals surface area contributed by atoms with E-state index in [4.69, 9.17) is 4.98 Å². The minimum absolute atomic E-state index is 0.205. The molecule has 0 saturated carbocycles. The minimum atomic E-state index is 0.205. The van der Waals surface area contributed by atoms with Crippen molar-refractivity contribution in [2.24, 2.45) is 0 Å². The summed E-state index contributed by atoms with van der Waals surface area (Å²) >= 11 is 0. The standard InChI is InChI=1S/C26H29N/c1-25(2)14-8-15-26(3,4)23-17-21(11-12-22(23)25)24-18-20(13-16-27-24)19-9-6-5-7-10-19/h5-7,9-13,16-18H,8,14-15H2,1-4H3. The molecule has 3 aromatic rings. The molecule has 1 aliphatic rings. The van der Waals surface area contributed by atoms with Gasteiger partial charge in [0.15, 0.2) is 0 Å². The zero-order valence-corrected chi connectivity index (χ0v) is 16.9. The van der Waals surface area contributed by atoms with Gasteiger partial charge in [-0.2, -0.15) is 0 Å². The van der Waals surface area contributed by atoms with Crippen LogP contribution < -0.4 is 0 Å². The number of benzene rings is 2. The van der Waals surface area contributed by atoms with Gasteiger partial charge in [0.2, 0.25) is 0 Å². The molecule has 2 aromatic carbocycles. The van der Waals surface area contributed by atoms with E-state index in [2.05, 4.69) is 88.4 Å². The molecule has 0 spiro atoms. The van der Waals surface area contributed by atoms with Crippen LogP contribution in [0, 0.1) is 0 Å². The summed E-state index contributed by atoms with van der Waals surface area (Å²) in [6.07, 6.45) is 5.71. The number of nitrogens with zero attached hydrogens (tertiary/aromatic N) is 1. The van der Waals surface area contributed by atoms with Crippen LogP contribution >= 0.6 is 0 Å². The highest BCUT2D eigenvalue weighted by Gasteiger charge is 2.34. The van der Waals surface area contributed by atoms with Gasteiger partial charge in [0, 0.05) is 11.8 Å². The Hall–Kier alpha value is -2.41. The van der Waals surface area contributed by atoms with Crippen LogP contribution in [0.4, 0.5) is 0 Å². The Morgan fingerprint density at radius 3 is 2.11 bits per heavy atom. The molecule has 0 bridgehead atoms. The molecule has 1 aliphatic carbocycles. The number of aromatic nitrogens is 1. The van der Waals surface area contributed by atoms with E-state index in [0.717, 1.165) is 5.69 Å². The van der Waals surface area contributed by atoms with Crippen LogP contribution in [0.1, 0.15) is 58.1 Å². The first-order chi connectivity index (χ1) is 12.9. The smallest absolute Gasteiger partial charge is 0.0708 e. The molecule has 1 heteroatoms. The predicted molar refractivity (Wildman–Crippen MR) is 115 cm³/mol. The molecular formula is C26H29N. The lowest BCUT2D eigenvalue weighted by atomic mass is 9.74. The highest BCUT2D eigenvalue weighted by molar-refractivity contribution is 5.71. The molecule has 1 heterocycles. The predicted octanol–water partition coefficient (Wildman–Crippen LogP) is 7.15. The Bertz CT molecular complexity index is 951. The molecule has 0 saturated heterocycles. The van der Waals surface area contributed by atoms with E-state index in [1.54, 1.807) is 0 Å². The number of fused-ring (bicyclic) bond motifs is 1. The molecule has 138 valence electrons. The summed E-state index contributed by atoms with van der Waals surface area (Å²) in [5.41, 5.74) is 8.17. The third-order valence-corrected chi connectivity index (χ3v) is 6.24. The summed E-state index contributed by atoms with van der Waals surface area (Å²) in [6, 6.07) is 21.9. The molecule has 0 N–H and O–H groups in total. The first kappa shape index (κ1) is 18.0. The second-order valence-electron chi connectivity index (χ2n) is 9.18. The van der Waals surface area contributed by atoms with Crippen molar-refractivity contribution in [3.8, 4) is 22.4 Å². The maximum Gasteiger partial charge on any atom is 0.0708 e. The maximum atomic E-state index is 4.69. The van der Waals surface area contributed by atoms with Gasteiger partial charge in [-0.1, -0.05) is 76.6 Å². The van der Waals surface area contributed by atoms with Gasteiger partial charge in [0.05, 0.1) is 5.69 Å². The molecule has 0 aliphatic heterocycles. The van der Waals surface area contributed by atoms with Crippen LogP contribution in [-0.4, -0.2) is 4.98 Å². The number of pyridine rings is 1. The van der Waals surface area contributed by atoms with Gasteiger partial charge in [-0.15, -0.1) is 0 Å². The lowest BCUT2D eigenvalue weighted by Gasteiger charge is -2.30. The topological polar surface area (TPSA) is 12.9 Å². The van der Waals surface area contributed by atoms with Crippen LogP contribution in [0.5, 0.6) is 0 Å². The third kappa shape index (κ3) is 3.43. The van der Waals surface area contributed by atoms with Gasteiger partial charge in [-0.25, -0.2) is 0 Å². The molecular weight excluding hydrogens is 326 g/mol. The first-order valence-electron chi connectivity index (χ1n) is 10.0. The fourth-order valence-electron chi connectivity index (χ4n) is 4.49. The summed E-state index contributed by atoms with van der Waals surface area (Å²) in [4.78, 5) is 4.69. The molecule has 1 nitrogen and oxygen atoms in total. The summed E-state index contributed by atoms with van der Waals surface area (Å²) < 4.78 is 0. The van der Waals surface area contributed by atoms with E-state index in [1.807, 2.05) is 6.20 Å². The van der Waals surface area contributed by atoms with Crippen LogP contribution in [0.2, 0.25) is 0 Å². The highest BCUT2D eigenvalue weighted by Crippen LogP contribution is 2.44. The minimum Gasteiger partial charge on any atom is -0.256 e. The number of hydrogen-bond donors (Lipinski definition) is 0. The van der Waals surface area contributed by atoms with Crippen molar-refractivity contribution >= 4 is 0 Å². The number of rotatable bonds is 2. The average molecular weight is 356 g/mol. The van der Waals surface area contributed by atoms with E-state index in [0.29, 0.717) is 0 Å². The molecule has 0 fully saturated rings. The van der Waals surface area contributed by atoms with Gasteiger partial charge >= 0.3 is 0 Å². The van der Waals surface area contributed by atoms with Crippen molar-refractivity contribution in [1.29, 1.82) is 0 Å². The van der Waals surface area contributed by atoms with Crippen molar-refractivity contribution in [3.63, 3.8) is 0 Å². The van der Waals surface area contributed by atoms with Crippen LogP contribution in [0.25, 0.3) is 22.4 Å². The largest absolute Gasteiger partial charge is 0.256 e. The average Bonchev–Trinajstić information content (AvgIpc) is 2.76. The molecule has 1 aromatic heterocycles. The Morgan fingerprint density at radius 1 is 0.667 bits per heavy atom. The summed E-state index contributed by atoms with van der Waals surface area (Å²) in [7, 11) is 0. The van der Waals surface area contributed by atoms with Gasteiger partial charge in [0.25, 0.3) is 0 Å². The summed E-state index contributed by atoms with van der Waals surface area (Å²) in [5.74, 6) is 0. The van der Waals surface area contributed by atoms with E-state index in [9.17, 15) is 0 Å². The fourth-order valence-corrected chi connectivity index (χ4v) is 4.49. The zero-order valence-electron chi connectivity index (χ0n) is 16.9. The highest BCUT2D eigenvalue weighted by atomic mass is 14.7. The van der Waals surface area contributed by atoms with E-state index >= 15 is 0 Å². The SMILES string of the molecule is CC1(C)CCCC(C)(C)c2cc(-c3cc(-c4ccccc4)ccn3)ccc21. The van der Waals surface area contributed by atoms with Gasteiger partial charge in [-0.3, -0.25) is 4.98 Å². The van der Waals surface area contributed by atoms with Crippen LogP contribution in [-0.2, 0) is 10.8 Å². The lowest BCUT2D eigenvalue weighted by molar-refractivity contribution is 0.433. The van der Waals surface area contributed by atoms with Gasteiger partial charge in [0.1, 0.15) is 0 Å². The fraction of sp³-hybridized carbons (Fsp3) is 0.346. The van der Waals surface area contributed by atoms with Crippen LogP contribution in [0.15, 0.2) is 66.9 Å². The Labute approximate surface area is 163 Å². The summed E-state index contributed by atoms with van der Waals surface area (Å²) in [5, 5.41) is 0. The maximum absolute atomic E-state index is 4.69. The molecule has 27 heavy (non-hydrogen) atoms. The van der Waals surface area contributed by atoms with E-state index < -0.39 is 0 Å². The van der Waals surface area contributed by atoms with E-state index in [-0.39, 0.29) is 10.8 Å². The Kier molecular flexibility index (Phi) is 4.42. The molecule has 0 amide bonds. The molecule has 4 rings (SSSR count). The molecule has 0 unspecified atom stereocenters. The Morgan fingerprint density at radius 2 is 1.37 bits per heavy atom. The molecule has 0 radical (unpaired) electrons. The second kappa shape index (κ2) is 6.64. The van der Waals surface area contributed by atoms with Crippen molar-refractivity contribution in [1.82, 2.24) is 4.98 Å². The third-order valence-electron chi connectivity index (χ3n) is 6.24. The van der Waals surface area contributed by atoms with Crippen molar-refractivity contribution in [2.45, 2.75) is 57.8 Å². The van der Waals surface area contributed by atoms with Crippen molar-refractivity contribution in [2.75, 3.05) is 0 Å². The van der Waals surface area contributed by atoms with Gasteiger partial charge in [-0.05, 0) is 64.1 Å². The second-order valence-corrected chi connectivity index (χ2v) is 9.18. The quantitative estimate of drug-likeness (QED) is 0.445. The van der Waals surface area contributed by atoms with Gasteiger partial charge < -0.3 is 0 Å². The van der Waals surface area contributed by atoms with Crippen LogP contribution in [0.3, 0.4) is 0 Å². The first-order valence-corrected chi connectivity index (χ1v) is 10.0. The molecule has 0 atom stereocenters. The Balaban J connectivity index is 1.82. The monoisotopic (exact) mass is 355 g/mol. The van der Waals surface area contributed by atoms with E-state index in [1.165, 1.54) is 47.1 Å².